The fourth-order valence-electron chi connectivity index (χ4n) is 6.72. The van der Waals surface area contributed by atoms with Crippen molar-refractivity contribution in [3.8, 4) is 12.1 Å². The van der Waals surface area contributed by atoms with Gasteiger partial charge in [-0.2, -0.15) is 10.5 Å². The number of carbonyl (C=O) groups is 2. The van der Waals surface area contributed by atoms with Crippen molar-refractivity contribution in [2.45, 2.75) is 76.9 Å². The Hall–Kier alpha value is -4.64. The van der Waals surface area contributed by atoms with Crippen molar-refractivity contribution in [1.29, 1.82) is 10.5 Å². The summed E-state index contributed by atoms with van der Waals surface area (Å²) in [4.78, 5) is 38.4. The predicted octanol–water partition coefficient (Wildman–Crippen LogP) is 5.09. The maximum absolute atomic E-state index is 12.4. The largest absolute Gasteiger partial charge is 0.378 e. The molecule has 48 heavy (non-hydrogen) atoms. The van der Waals surface area contributed by atoms with Crippen LogP contribution in [0.25, 0.3) is 17.5 Å². The number of ketones is 2. The van der Waals surface area contributed by atoms with Crippen molar-refractivity contribution in [3.63, 3.8) is 0 Å². The lowest BCUT2D eigenvalue weighted by atomic mass is 9.88. The normalized spacial score (nSPS) is 19.8. The number of hydrogen-bond donors (Lipinski definition) is 0. The molecule has 0 atom stereocenters. The third-order valence-electron chi connectivity index (χ3n) is 10.3. The number of rotatable bonds is 6. The number of ether oxygens (including phenoxy) is 2. The number of carbonyl (C=O) groups excluding carboxylic acids is 2. The molecule has 0 saturated carbocycles. The number of Topliss-reactive ketones (excluding diaryl/α,β-unsaturated/α-hetero) is 2. The fourth-order valence-corrected chi connectivity index (χ4v) is 6.72. The van der Waals surface area contributed by atoms with Gasteiger partial charge in [0.15, 0.2) is 11.6 Å². The van der Waals surface area contributed by atoms with Crippen LogP contribution in [0.4, 0.5) is 0 Å². The smallest absolute Gasteiger partial charge is 0.180 e. The van der Waals surface area contributed by atoms with E-state index in [1.165, 1.54) is 0 Å². The van der Waals surface area contributed by atoms with E-state index in [0.29, 0.717) is 5.70 Å². The number of allylic oxidation sites excluding steroid dienone is 2. The van der Waals surface area contributed by atoms with Gasteiger partial charge in [0.2, 0.25) is 0 Å². The first-order valence-corrected chi connectivity index (χ1v) is 16.6. The van der Waals surface area contributed by atoms with Gasteiger partial charge >= 0.3 is 0 Å². The van der Waals surface area contributed by atoms with Crippen molar-refractivity contribution < 1.29 is 19.1 Å². The molecule has 0 aromatic carbocycles. The number of aryl methyl sites for hydroxylation is 1. The number of piperidine rings is 2. The van der Waals surface area contributed by atoms with E-state index in [-0.39, 0.29) is 46.8 Å². The third-order valence-corrected chi connectivity index (χ3v) is 10.3. The van der Waals surface area contributed by atoms with Crippen LogP contribution in [0.5, 0.6) is 0 Å². The van der Waals surface area contributed by atoms with E-state index in [1.54, 1.807) is 20.3 Å². The molecule has 250 valence electrons. The van der Waals surface area contributed by atoms with Gasteiger partial charge in [0.25, 0.3) is 0 Å². The first-order valence-electron chi connectivity index (χ1n) is 16.6. The van der Waals surface area contributed by atoms with Crippen LogP contribution >= 0.6 is 0 Å². The van der Waals surface area contributed by atoms with Gasteiger partial charge in [0, 0.05) is 58.9 Å². The second kappa shape index (κ2) is 14.2. The number of fused-ring (bicyclic) bond motifs is 2. The molecule has 4 aliphatic rings. The Morgan fingerprint density at radius 2 is 1.23 bits per heavy atom. The van der Waals surface area contributed by atoms with Crippen LogP contribution in [0, 0.1) is 22.7 Å². The highest BCUT2D eigenvalue weighted by Gasteiger charge is 2.37. The molecule has 2 aromatic heterocycles. The van der Waals surface area contributed by atoms with E-state index in [0.717, 1.165) is 97.9 Å². The third kappa shape index (κ3) is 6.82. The van der Waals surface area contributed by atoms with E-state index in [2.05, 4.69) is 54.3 Å². The van der Waals surface area contributed by atoms with Crippen molar-refractivity contribution in [2.24, 2.45) is 0 Å². The maximum atomic E-state index is 12.4. The average Bonchev–Trinajstić information content (AvgIpc) is 3.11. The van der Waals surface area contributed by atoms with Crippen LogP contribution in [-0.4, -0.2) is 82.9 Å². The van der Waals surface area contributed by atoms with E-state index >= 15 is 0 Å². The maximum Gasteiger partial charge on any atom is 0.180 e. The van der Waals surface area contributed by atoms with Gasteiger partial charge in [0.1, 0.15) is 23.3 Å². The Bertz CT molecular complexity index is 1760. The van der Waals surface area contributed by atoms with Crippen LogP contribution in [0.15, 0.2) is 42.0 Å². The van der Waals surface area contributed by atoms with Gasteiger partial charge in [0.05, 0.1) is 39.7 Å². The molecule has 10 nitrogen and oxygen atoms in total. The van der Waals surface area contributed by atoms with E-state index in [1.807, 2.05) is 24.3 Å². The Balaban J connectivity index is 0.000000188. The summed E-state index contributed by atoms with van der Waals surface area (Å²) in [5.74, 6) is -0.237. The number of likely N-dealkylation sites (tertiary alicyclic amines) is 2. The van der Waals surface area contributed by atoms with Crippen LogP contribution in [-0.2, 0) is 38.3 Å². The van der Waals surface area contributed by atoms with Gasteiger partial charge in [-0.1, -0.05) is 25.6 Å². The summed E-state index contributed by atoms with van der Waals surface area (Å²) in [5.41, 5.74) is 6.66. The van der Waals surface area contributed by atoms with Crippen LogP contribution in [0.1, 0.15) is 80.4 Å². The Kier molecular flexibility index (Phi) is 10.3. The average molecular weight is 649 g/mol. The standard InChI is InChI=1S/C19H23N3O2.C19H21N3O2/c2*1-4-14-6-5-13-11-16(23)15(12-20)18(17(13)21-14)22-9-7-19(2,24-3)8-10-22/h5-6H,4,7-11H2,1-3H3;4-6H,1,7-11H2,2-3H3. The summed E-state index contributed by atoms with van der Waals surface area (Å²) in [7, 11) is 3.47. The highest BCUT2D eigenvalue weighted by atomic mass is 16.5. The highest BCUT2D eigenvalue weighted by molar-refractivity contribution is 6.10. The fraction of sp³-hybridized carbons (Fsp3) is 0.474. The molecule has 0 bridgehead atoms. The SMILES string of the molecule is C=Cc1ccc2c(n1)C(N1CCC(C)(OC)CC1)=C(C#N)C(=O)C2.CCc1ccc2c(n1)C(N1CCC(C)(OC)CC1)=C(C#N)C(=O)C2. The molecule has 2 aliphatic heterocycles. The molecule has 0 radical (unpaired) electrons. The van der Waals surface area contributed by atoms with Crippen LogP contribution in [0.3, 0.4) is 0 Å². The van der Waals surface area contributed by atoms with E-state index < -0.39 is 0 Å². The second-order valence-electron chi connectivity index (χ2n) is 13.3. The Labute approximate surface area is 283 Å². The lowest BCUT2D eigenvalue weighted by molar-refractivity contribution is -0.115. The first kappa shape index (κ1) is 34.7. The number of pyridine rings is 2. The molecule has 0 spiro atoms. The van der Waals surface area contributed by atoms with E-state index in [9.17, 15) is 20.1 Å². The zero-order valence-electron chi connectivity index (χ0n) is 28.7. The van der Waals surface area contributed by atoms with Gasteiger partial charge in [-0.15, -0.1) is 0 Å². The van der Waals surface area contributed by atoms with Crippen molar-refractivity contribution >= 4 is 29.0 Å². The molecule has 0 unspecified atom stereocenters. The molecule has 2 aromatic rings. The summed E-state index contributed by atoms with van der Waals surface area (Å²) in [6.07, 6.45) is 6.42. The lowest BCUT2D eigenvalue weighted by Crippen LogP contribution is -2.44. The van der Waals surface area contributed by atoms with Gasteiger partial charge < -0.3 is 19.3 Å². The summed E-state index contributed by atoms with van der Waals surface area (Å²) in [6, 6.07) is 12.0. The van der Waals surface area contributed by atoms with Gasteiger partial charge in [-0.3, -0.25) is 14.6 Å². The lowest BCUT2D eigenvalue weighted by Gasteiger charge is -2.41. The zero-order chi connectivity index (χ0) is 34.6. The molecule has 2 fully saturated rings. The van der Waals surface area contributed by atoms with Crippen molar-refractivity contribution in [3.05, 3.63) is 75.9 Å². The first-order chi connectivity index (χ1) is 23.0. The Morgan fingerprint density at radius 1 is 0.792 bits per heavy atom. The van der Waals surface area contributed by atoms with Gasteiger partial charge in [-0.05, 0) is 75.3 Å². The molecule has 2 aliphatic carbocycles. The van der Waals surface area contributed by atoms with Crippen molar-refractivity contribution in [2.75, 3.05) is 40.4 Å². The summed E-state index contributed by atoms with van der Waals surface area (Å²) < 4.78 is 11.2. The van der Waals surface area contributed by atoms with Crippen LogP contribution in [0.2, 0.25) is 0 Å². The summed E-state index contributed by atoms with van der Waals surface area (Å²) in [6.45, 7) is 13.0. The quantitative estimate of drug-likeness (QED) is 0.417. The number of nitriles is 2. The zero-order valence-corrected chi connectivity index (χ0v) is 28.7. The number of methoxy groups -OCH3 is 2. The molecule has 10 heteroatoms. The topological polar surface area (TPSA) is 132 Å². The molecule has 0 N–H and O–H groups in total. The second-order valence-corrected chi connectivity index (χ2v) is 13.3. The summed E-state index contributed by atoms with van der Waals surface area (Å²) >= 11 is 0. The minimum Gasteiger partial charge on any atom is -0.378 e. The minimum absolute atomic E-state index is 0.105. The monoisotopic (exact) mass is 648 g/mol. The minimum atomic E-state index is -0.151. The number of nitrogens with zero attached hydrogens (tertiary/aromatic N) is 6. The number of aromatic nitrogens is 2. The van der Waals surface area contributed by atoms with Gasteiger partial charge in [-0.25, -0.2) is 4.98 Å². The van der Waals surface area contributed by atoms with Crippen LogP contribution < -0.4 is 0 Å². The summed E-state index contributed by atoms with van der Waals surface area (Å²) in [5, 5.41) is 19.1. The molecule has 6 rings (SSSR count). The Morgan fingerprint density at radius 3 is 1.62 bits per heavy atom. The molecular formula is C38H44N6O4. The number of hydrogen-bond acceptors (Lipinski definition) is 10. The highest BCUT2D eigenvalue weighted by Crippen LogP contribution is 2.37. The van der Waals surface area contributed by atoms with E-state index in [4.69, 9.17) is 14.5 Å². The predicted molar refractivity (Wildman–Crippen MR) is 183 cm³/mol. The van der Waals surface area contributed by atoms with Crippen molar-refractivity contribution in [1.82, 2.24) is 19.8 Å². The molecule has 0 amide bonds. The molecule has 4 heterocycles. The molecular weight excluding hydrogens is 604 g/mol. The molecule has 2 saturated heterocycles.